The van der Waals surface area contributed by atoms with Gasteiger partial charge in [-0.2, -0.15) is 5.10 Å². The summed E-state index contributed by atoms with van der Waals surface area (Å²) >= 11 is 6.52. The molecule has 2 fully saturated rings. The second kappa shape index (κ2) is 7.76. The van der Waals surface area contributed by atoms with Crippen LogP contribution >= 0.6 is 11.6 Å². The van der Waals surface area contributed by atoms with E-state index in [-0.39, 0.29) is 0 Å². The Bertz CT molecular complexity index is 550. The Hall–Kier alpha value is -0.580. The maximum Gasteiger partial charge on any atom is 0.131 e. The largest absolute Gasteiger partial charge is 0.299 e. The minimum Gasteiger partial charge on any atom is -0.299 e. The standard InChI is InChI=1S/C19H33ClN4/c1-5-17-16(19(20)22(4)21-17)12-23-9-6-10-24(11-15-7-8-15)18(13-23)14(2)3/h14-15,18H,5-13H2,1-4H3. The molecule has 1 aliphatic carbocycles. The number of hydrogen-bond acceptors (Lipinski definition) is 3. The van der Waals surface area contributed by atoms with Crippen molar-refractivity contribution in [2.45, 2.75) is 59.0 Å². The maximum absolute atomic E-state index is 6.52. The fourth-order valence-corrected chi connectivity index (χ4v) is 4.24. The van der Waals surface area contributed by atoms with Gasteiger partial charge in [0.25, 0.3) is 0 Å². The van der Waals surface area contributed by atoms with Gasteiger partial charge in [-0.25, -0.2) is 0 Å². The molecule has 24 heavy (non-hydrogen) atoms. The summed E-state index contributed by atoms with van der Waals surface area (Å²) in [5.74, 6) is 1.66. The van der Waals surface area contributed by atoms with Gasteiger partial charge in [-0.05, 0) is 50.6 Å². The van der Waals surface area contributed by atoms with E-state index in [0.29, 0.717) is 12.0 Å². The zero-order valence-corrected chi connectivity index (χ0v) is 16.5. The first-order chi connectivity index (χ1) is 11.5. The minimum atomic E-state index is 0.661. The molecule has 0 amide bonds. The van der Waals surface area contributed by atoms with E-state index in [4.69, 9.17) is 11.6 Å². The number of rotatable bonds is 6. The smallest absolute Gasteiger partial charge is 0.131 e. The molecule has 1 aromatic heterocycles. The third-order valence-electron chi connectivity index (χ3n) is 5.66. The van der Waals surface area contributed by atoms with Gasteiger partial charge in [0, 0.05) is 38.3 Å². The first-order valence-electron chi connectivity index (χ1n) is 9.66. The van der Waals surface area contributed by atoms with Crippen LogP contribution in [0.4, 0.5) is 0 Å². The molecule has 136 valence electrons. The lowest BCUT2D eigenvalue weighted by molar-refractivity contribution is 0.131. The van der Waals surface area contributed by atoms with Crippen molar-refractivity contribution in [3.63, 3.8) is 0 Å². The predicted octanol–water partition coefficient (Wildman–Crippen LogP) is 3.58. The highest BCUT2D eigenvalue weighted by Crippen LogP contribution is 2.32. The molecule has 1 saturated heterocycles. The SMILES string of the molecule is CCc1nn(C)c(Cl)c1CN1CCCN(CC2CC2)C(C(C)C)C1. The monoisotopic (exact) mass is 352 g/mol. The molecular formula is C19H33ClN4. The lowest BCUT2D eigenvalue weighted by atomic mass is 10.0. The Morgan fingerprint density at radius 2 is 2.00 bits per heavy atom. The Kier molecular flexibility index (Phi) is 5.89. The highest BCUT2D eigenvalue weighted by atomic mass is 35.5. The number of aryl methyl sites for hydroxylation is 2. The van der Waals surface area contributed by atoms with Crippen LogP contribution in [-0.4, -0.2) is 51.8 Å². The molecule has 0 spiro atoms. The van der Waals surface area contributed by atoms with Crippen molar-refractivity contribution in [2.24, 2.45) is 18.9 Å². The van der Waals surface area contributed by atoms with Crippen LogP contribution in [0, 0.1) is 11.8 Å². The number of nitrogens with zero attached hydrogens (tertiary/aromatic N) is 4. The van der Waals surface area contributed by atoms with Gasteiger partial charge in [0.2, 0.25) is 0 Å². The average Bonchev–Trinajstić information content (AvgIpc) is 3.34. The predicted molar refractivity (Wildman–Crippen MR) is 100 cm³/mol. The van der Waals surface area contributed by atoms with E-state index in [9.17, 15) is 0 Å². The molecule has 1 unspecified atom stereocenters. The first kappa shape index (κ1) is 18.2. The third-order valence-corrected chi connectivity index (χ3v) is 6.13. The van der Waals surface area contributed by atoms with Crippen molar-refractivity contribution in [2.75, 3.05) is 26.2 Å². The molecule has 1 saturated carbocycles. The van der Waals surface area contributed by atoms with Gasteiger partial charge in [-0.15, -0.1) is 0 Å². The Morgan fingerprint density at radius 1 is 1.25 bits per heavy atom. The molecule has 0 aromatic carbocycles. The summed E-state index contributed by atoms with van der Waals surface area (Å²) in [7, 11) is 1.95. The van der Waals surface area contributed by atoms with E-state index in [0.717, 1.165) is 36.3 Å². The van der Waals surface area contributed by atoms with Crippen molar-refractivity contribution in [1.82, 2.24) is 19.6 Å². The van der Waals surface area contributed by atoms with Gasteiger partial charge in [-0.3, -0.25) is 14.5 Å². The lowest BCUT2D eigenvalue weighted by Gasteiger charge is -2.34. The van der Waals surface area contributed by atoms with Crippen LogP contribution in [0.5, 0.6) is 0 Å². The molecule has 0 radical (unpaired) electrons. The van der Waals surface area contributed by atoms with Crippen LogP contribution in [0.15, 0.2) is 0 Å². The van der Waals surface area contributed by atoms with Crippen molar-refractivity contribution >= 4 is 11.6 Å². The zero-order chi connectivity index (χ0) is 17.3. The Labute approximate surface area is 152 Å². The molecule has 0 bridgehead atoms. The summed E-state index contributed by atoms with van der Waals surface area (Å²) in [6.45, 7) is 12.7. The van der Waals surface area contributed by atoms with E-state index in [1.165, 1.54) is 44.5 Å². The van der Waals surface area contributed by atoms with Crippen LogP contribution < -0.4 is 0 Å². The van der Waals surface area contributed by atoms with Crippen LogP contribution in [-0.2, 0) is 20.0 Å². The summed E-state index contributed by atoms with van der Waals surface area (Å²) in [6.07, 6.45) is 5.09. The van der Waals surface area contributed by atoms with Gasteiger partial charge in [0.15, 0.2) is 0 Å². The van der Waals surface area contributed by atoms with Gasteiger partial charge in [0.05, 0.1) is 5.69 Å². The fraction of sp³-hybridized carbons (Fsp3) is 0.842. The summed E-state index contributed by atoms with van der Waals surface area (Å²) < 4.78 is 1.83. The van der Waals surface area contributed by atoms with Crippen LogP contribution in [0.25, 0.3) is 0 Å². The second-order valence-electron chi connectivity index (χ2n) is 8.03. The fourth-order valence-electron chi connectivity index (χ4n) is 4.03. The van der Waals surface area contributed by atoms with E-state index >= 15 is 0 Å². The summed E-state index contributed by atoms with van der Waals surface area (Å²) in [5.41, 5.74) is 2.39. The summed E-state index contributed by atoms with van der Waals surface area (Å²) in [5, 5.41) is 5.39. The van der Waals surface area contributed by atoms with Crippen molar-refractivity contribution in [3.8, 4) is 0 Å². The molecule has 4 nitrogen and oxygen atoms in total. The van der Waals surface area contributed by atoms with E-state index in [1.807, 2.05) is 11.7 Å². The van der Waals surface area contributed by atoms with Crippen molar-refractivity contribution < 1.29 is 0 Å². The summed E-state index contributed by atoms with van der Waals surface area (Å²) in [6, 6.07) is 0.661. The van der Waals surface area contributed by atoms with E-state index in [2.05, 4.69) is 35.7 Å². The van der Waals surface area contributed by atoms with Gasteiger partial charge in [0.1, 0.15) is 5.15 Å². The molecule has 2 heterocycles. The highest BCUT2D eigenvalue weighted by Gasteiger charge is 2.32. The minimum absolute atomic E-state index is 0.661. The number of halogens is 1. The Balaban J connectivity index is 1.72. The molecule has 3 rings (SSSR count). The maximum atomic E-state index is 6.52. The second-order valence-corrected chi connectivity index (χ2v) is 8.39. The first-order valence-corrected chi connectivity index (χ1v) is 10.0. The lowest BCUT2D eigenvalue weighted by Crippen LogP contribution is -2.45. The topological polar surface area (TPSA) is 24.3 Å². The van der Waals surface area contributed by atoms with Crippen LogP contribution in [0.3, 0.4) is 0 Å². The zero-order valence-electron chi connectivity index (χ0n) is 15.8. The number of hydrogen-bond donors (Lipinski definition) is 0. The Morgan fingerprint density at radius 3 is 2.62 bits per heavy atom. The molecule has 2 aliphatic rings. The van der Waals surface area contributed by atoms with Crippen molar-refractivity contribution in [1.29, 1.82) is 0 Å². The quantitative estimate of drug-likeness (QED) is 0.782. The average molecular weight is 353 g/mol. The van der Waals surface area contributed by atoms with Crippen molar-refractivity contribution in [3.05, 3.63) is 16.4 Å². The third kappa shape index (κ3) is 4.14. The van der Waals surface area contributed by atoms with Gasteiger partial charge in [-0.1, -0.05) is 32.4 Å². The van der Waals surface area contributed by atoms with Crippen LogP contribution in [0.1, 0.15) is 51.3 Å². The molecule has 1 aliphatic heterocycles. The van der Waals surface area contributed by atoms with E-state index in [1.54, 1.807) is 0 Å². The molecule has 0 N–H and O–H groups in total. The molecular weight excluding hydrogens is 320 g/mol. The molecule has 1 atom stereocenters. The highest BCUT2D eigenvalue weighted by molar-refractivity contribution is 6.30. The molecule has 5 heteroatoms. The summed E-state index contributed by atoms with van der Waals surface area (Å²) in [4.78, 5) is 5.38. The molecule has 1 aromatic rings. The van der Waals surface area contributed by atoms with Crippen LogP contribution in [0.2, 0.25) is 5.15 Å². The van der Waals surface area contributed by atoms with Gasteiger partial charge < -0.3 is 0 Å². The van der Waals surface area contributed by atoms with E-state index < -0.39 is 0 Å². The van der Waals surface area contributed by atoms with Gasteiger partial charge >= 0.3 is 0 Å². The number of aromatic nitrogens is 2. The normalized spacial score (nSPS) is 23.8.